The fraction of sp³-hybridized carbons (Fsp3) is 0.429. The predicted molar refractivity (Wildman–Crippen MR) is 120 cm³/mol. The number of nitrogens with zero attached hydrogens (tertiary/aromatic N) is 4. The number of anilines is 3. The van der Waals surface area contributed by atoms with Crippen molar-refractivity contribution in [2.75, 3.05) is 55.0 Å². The van der Waals surface area contributed by atoms with Crippen LogP contribution < -0.4 is 20.4 Å². The van der Waals surface area contributed by atoms with Gasteiger partial charge >= 0.3 is 18.1 Å². The summed E-state index contributed by atoms with van der Waals surface area (Å²) in [4.78, 5) is 46.9. The number of benzene rings is 1. The van der Waals surface area contributed by atoms with Crippen LogP contribution in [0, 0.1) is 11.6 Å². The van der Waals surface area contributed by atoms with Gasteiger partial charge < -0.3 is 19.4 Å². The lowest BCUT2D eigenvalue weighted by Gasteiger charge is -2.28. The molecule has 4 amide bonds. The van der Waals surface area contributed by atoms with E-state index in [0.29, 0.717) is 0 Å². The van der Waals surface area contributed by atoms with Crippen LogP contribution in [0.3, 0.4) is 0 Å². The van der Waals surface area contributed by atoms with Crippen LogP contribution in [0.4, 0.5) is 35.8 Å². The molecule has 1 fully saturated rings. The lowest BCUT2D eigenvalue weighted by molar-refractivity contribution is -0.119. The molecule has 0 saturated carbocycles. The molecule has 2 N–H and O–H groups in total. The minimum Gasteiger partial charge on any atom is -0.442 e. The second-order valence-electron chi connectivity index (χ2n) is 7.44. The Kier molecular flexibility index (Phi) is 8.41. The van der Waals surface area contributed by atoms with Gasteiger partial charge in [-0.15, -0.1) is 0 Å². The first-order valence-electron chi connectivity index (χ1n) is 10.7. The first-order chi connectivity index (χ1) is 16.7. The Bertz CT molecular complexity index is 1030. The highest BCUT2D eigenvalue weighted by molar-refractivity contribution is 5.90. The number of ether oxygens (including phenoxy) is 1. The van der Waals surface area contributed by atoms with E-state index in [4.69, 9.17) is 14.0 Å². The Labute approximate surface area is 199 Å². The topological polar surface area (TPSA) is 129 Å². The van der Waals surface area contributed by atoms with Gasteiger partial charge in [0.1, 0.15) is 18.1 Å². The summed E-state index contributed by atoms with van der Waals surface area (Å²) in [7, 11) is 1.27. The number of hydrogen-bond acceptors (Lipinski definition) is 8. The lowest BCUT2D eigenvalue weighted by atomic mass is 10.2. The number of amides is 4. The van der Waals surface area contributed by atoms with Crippen molar-refractivity contribution in [1.82, 2.24) is 15.4 Å². The monoisotopic (exact) mass is 496 g/mol. The molecule has 1 atom stereocenters. The number of cyclic esters (lactones) is 1. The summed E-state index contributed by atoms with van der Waals surface area (Å²) in [5.41, 5.74) is -0.332. The van der Waals surface area contributed by atoms with Crippen LogP contribution in [-0.4, -0.2) is 74.0 Å². The first kappa shape index (κ1) is 25.7. The highest BCUT2D eigenvalue weighted by atomic mass is 19.1. The molecule has 1 aliphatic rings. The minimum absolute atomic E-state index is 0.0148. The van der Waals surface area contributed by atoms with Gasteiger partial charge in [-0.25, -0.2) is 28.4 Å². The van der Waals surface area contributed by atoms with Crippen molar-refractivity contribution < 1.29 is 37.2 Å². The van der Waals surface area contributed by atoms with E-state index in [1.54, 1.807) is 6.92 Å². The second kappa shape index (κ2) is 11.5. The summed E-state index contributed by atoms with van der Waals surface area (Å²) in [6.45, 7) is 3.34. The number of carbonyl (C=O) groups is 3. The van der Waals surface area contributed by atoms with Crippen LogP contribution >= 0.6 is 0 Å². The van der Waals surface area contributed by atoms with Crippen LogP contribution in [-0.2, 0) is 14.4 Å². The summed E-state index contributed by atoms with van der Waals surface area (Å²) < 4.78 is 40.2. The highest BCUT2D eigenvalue weighted by Crippen LogP contribution is 2.31. The van der Waals surface area contributed by atoms with Crippen molar-refractivity contribution in [3.05, 3.63) is 36.2 Å². The van der Waals surface area contributed by atoms with Gasteiger partial charge in [-0.2, -0.15) is 0 Å². The van der Waals surface area contributed by atoms with Crippen molar-refractivity contribution in [3.8, 4) is 0 Å². The van der Waals surface area contributed by atoms with E-state index in [-0.39, 0.29) is 56.0 Å². The van der Waals surface area contributed by atoms with E-state index < -0.39 is 29.9 Å². The third kappa shape index (κ3) is 6.35. The molecule has 0 spiro atoms. The van der Waals surface area contributed by atoms with Crippen molar-refractivity contribution in [2.24, 2.45) is 0 Å². The van der Waals surface area contributed by atoms with E-state index in [1.807, 2.05) is 0 Å². The highest BCUT2D eigenvalue weighted by Gasteiger charge is 2.33. The summed E-state index contributed by atoms with van der Waals surface area (Å²) in [5.74, 6) is -2.08. The van der Waals surface area contributed by atoms with Crippen molar-refractivity contribution in [1.29, 1.82) is 0 Å². The molecular formula is C21H26F2N6O6. The Hall–Kier alpha value is -3.94. The number of hydroxylamine groups is 2. The Morgan fingerprint density at radius 1 is 1.29 bits per heavy atom. The average molecular weight is 496 g/mol. The number of oxazole rings is 1. The summed E-state index contributed by atoms with van der Waals surface area (Å²) in [6.07, 6.45) is 1.22. The number of aromatic nitrogens is 1. The van der Waals surface area contributed by atoms with Gasteiger partial charge in [0.15, 0.2) is 11.6 Å². The molecule has 1 aromatic carbocycles. The van der Waals surface area contributed by atoms with Gasteiger partial charge in [-0.05, 0) is 6.92 Å². The fourth-order valence-corrected chi connectivity index (χ4v) is 3.46. The van der Waals surface area contributed by atoms with E-state index in [0.717, 1.165) is 22.1 Å². The number of hydrogen-bond donors (Lipinski definition) is 2. The Morgan fingerprint density at radius 2 is 2.00 bits per heavy atom. The SMILES string of the molecule is CCN(CCN(OC)C(=O)Nc1ncco1)c1c(F)cc(N2C[C@H](CNC(C)=O)OC2=O)cc1F. The van der Waals surface area contributed by atoms with Gasteiger partial charge in [0, 0.05) is 32.1 Å². The van der Waals surface area contributed by atoms with E-state index in [2.05, 4.69) is 15.6 Å². The molecule has 1 saturated heterocycles. The molecule has 2 heterocycles. The van der Waals surface area contributed by atoms with Crippen LogP contribution in [0.2, 0.25) is 0 Å². The summed E-state index contributed by atoms with van der Waals surface area (Å²) in [6, 6.07) is 1.36. The summed E-state index contributed by atoms with van der Waals surface area (Å²) >= 11 is 0. The van der Waals surface area contributed by atoms with Crippen LogP contribution in [0.25, 0.3) is 0 Å². The largest absolute Gasteiger partial charge is 0.442 e. The van der Waals surface area contributed by atoms with Gasteiger partial charge in [0.25, 0.3) is 0 Å². The number of likely N-dealkylation sites (N-methyl/N-ethyl adjacent to an activating group) is 1. The third-order valence-corrected chi connectivity index (χ3v) is 5.13. The van der Waals surface area contributed by atoms with E-state index in [9.17, 15) is 14.4 Å². The number of rotatable bonds is 10. The molecule has 0 aliphatic carbocycles. The zero-order valence-corrected chi connectivity index (χ0v) is 19.4. The van der Waals surface area contributed by atoms with Crippen LogP contribution in [0.1, 0.15) is 13.8 Å². The van der Waals surface area contributed by atoms with Gasteiger partial charge in [-0.1, -0.05) is 0 Å². The lowest BCUT2D eigenvalue weighted by Crippen LogP contribution is -2.40. The molecule has 14 heteroatoms. The average Bonchev–Trinajstić information content (AvgIpc) is 3.45. The predicted octanol–water partition coefficient (Wildman–Crippen LogP) is 2.34. The molecule has 12 nitrogen and oxygen atoms in total. The minimum atomic E-state index is -0.895. The number of halogens is 2. The molecule has 2 aromatic rings. The number of nitrogens with one attached hydrogen (secondary N) is 2. The van der Waals surface area contributed by atoms with Gasteiger partial charge in [0.05, 0.1) is 38.6 Å². The molecule has 1 aliphatic heterocycles. The molecule has 0 bridgehead atoms. The molecule has 1 aromatic heterocycles. The molecule has 3 rings (SSSR count). The maximum absolute atomic E-state index is 15.0. The first-order valence-corrected chi connectivity index (χ1v) is 10.7. The standard InChI is InChI=1S/C21H26F2N6O6/c1-4-27(6-7-29(33-3)20(31)26-19-24-5-8-34-19)18-16(22)9-14(10-17(18)23)28-12-15(35-21(28)32)11-25-13(2)30/h5,8-10,15H,4,6-7,11-12H2,1-3H3,(H,25,30)(H,24,26,31)/t15-/m0/s1. The maximum Gasteiger partial charge on any atom is 0.414 e. The molecular weight excluding hydrogens is 470 g/mol. The number of urea groups is 1. The maximum atomic E-state index is 15.0. The number of carbonyl (C=O) groups excluding carboxylic acids is 3. The van der Waals surface area contributed by atoms with Crippen molar-refractivity contribution in [2.45, 2.75) is 20.0 Å². The molecule has 0 unspecified atom stereocenters. The zero-order valence-electron chi connectivity index (χ0n) is 19.4. The normalized spacial score (nSPS) is 15.1. The van der Waals surface area contributed by atoms with E-state index in [1.165, 1.54) is 31.4 Å². The van der Waals surface area contributed by atoms with E-state index >= 15 is 8.78 Å². The Balaban J connectivity index is 1.68. The van der Waals surface area contributed by atoms with Crippen LogP contribution in [0.5, 0.6) is 0 Å². The van der Waals surface area contributed by atoms with Gasteiger partial charge in [-0.3, -0.25) is 19.8 Å². The molecule has 0 radical (unpaired) electrons. The smallest absolute Gasteiger partial charge is 0.414 e. The van der Waals surface area contributed by atoms with Crippen molar-refractivity contribution in [3.63, 3.8) is 0 Å². The van der Waals surface area contributed by atoms with Crippen LogP contribution in [0.15, 0.2) is 29.0 Å². The van der Waals surface area contributed by atoms with Gasteiger partial charge in [0.2, 0.25) is 5.91 Å². The summed E-state index contributed by atoms with van der Waals surface area (Å²) in [5, 5.41) is 5.87. The third-order valence-electron chi connectivity index (χ3n) is 5.13. The Morgan fingerprint density at radius 3 is 2.57 bits per heavy atom. The van der Waals surface area contributed by atoms with Crippen molar-refractivity contribution >= 4 is 35.4 Å². The fourth-order valence-electron chi connectivity index (χ4n) is 3.46. The quantitative estimate of drug-likeness (QED) is 0.480. The zero-order chi connectivity index (χ0) is 25.5. The molecule has 35 heavy (non-hydrogen) atoms. The molecule has 190 valence electrons. The second-order valence-corrected chi connectivity index (χ2v) is 7.44.